The van der Waals surface area contributed by atoms with Gasteiger partial charge >= 0.3 is 0 Å². The first-order valence-electron chi connectivity index (χ1n) is 10.1. The molecule has 0 unspecified atom stereocenters. The molecule has 0 spiro atoms. The highest BCUT2D eigenvalue weighted by Crippen LogP contribution is 2.28. The number of guanidine groups is 1. The minimum Gasteiger partial charge on any atom is -0.356 e. The number of anilines is 2. The van der Waals surface area contributed by atoms with Gasteiger partial charge in [-0.1, -0.05) is 24.3 Å². The minimum atomic E-state index is 0.807. The van der Waals surface area contributed by atoms with Crippen molar-refractivity contribution in [3.8, 4) is 11.4 Å². The van der Waals surface area contributed by atoms with Gasteiger partial charge in [-0.05, 0) is 48.6 Å². The molecule has 0 saturated carbocycles. The third-order valence-electron chi connectivity index (χ3n) is 5.45. The lowest BCUT2D eigenvalue weighted by atomic mass is 9.95. The van der Waals surface area contributed by atoms with E-state index in [0.717, 1.165) is 67.3 Å². The number of aromatic nitrogens is 2. The monoisotopic (exact) mass is 404 g/mol. The van der Waals surface area contributed by atoms with Gasteiger partial charge in [-0.2, -0.15) is 0 Å². The van der Waals surface area contributed by atoms with Crippen molar-refractivity contribution >= 4 is 28.2 Å². The lowest BCUT2D eigenvalue weighted by Crippen LogP contribution is -2.35. The number of thiazole rings is 1. The van der Waals surface area contributed by atoms with E-state index in [4.69, 9.17) is 9.97 Å². The number of benzene rings is 1. The Labute approximate surface area is 174 Å². The van der Waals surface area contributed by atoms with Gasteiger partial charge in [0.2, 0.25) is 0 Å². The molecule has 0 saturated heterocycles. The van der Waals surface area contributed by atoms with Crippen LogP contribution in [0.25, 0.3) is 11.4 Å². The predicted molar refractivity (Wildman–Crippen MR) is 120 cm³/mol. The molecule has 0 fully saturated rings. The van der Waals surface area contributed by atoms with Crippen molar-refractivity contribution in [2.75, 3.05) is 29.9 Å². The summed E-state index contributed by atoms with van der Waals surface area (Å²) in [6.45, 7) is 5.91. The molecule has 0 amide bonds. The molecule has 7 heteroatoms. The summed E-state index contributed by atoms with van der Waals surface area (Å²) in [6.07, 6.45) is 2.14. The van der Waals surface area contributed by atoms with Crippen LogP contribution in [0.4, 0.5) is 10.9 Å². The molecule has 0 aliphatic carbocycles. The summed E-state index contributed by atoms with van der Waals surface area (Å²) in [5, 5.41) is 9.42. The van der Waals surface area contributed by atoms with E-state index in [-0.39, 0.29) is 0 Å². The van der Waals surface area contributed by atoms with E-state index in [1.54, 1.807) is 11.3 Å². The van der Waals surface area contributed by atoms with Crippen LogP contribution in [0.1, 0.15) is 23.1 Å². The predicted octanol–water partition coefficient (Wildman–Crippen LogP) is 3.84. The number of nitrogens with one attached hydrogen (secondary N) is 2. The van der Waals surface area contributed by atoms with Crippen LogP contribution in [-0.2, 0) is 13.0 Å². The average Bonchev–Trinajstić information content (AvgIpc) is 3.23. The Hall–Kier alpha value is -2.93. The second kappa shape index (κ2) is 7.83. The molecular weight excluding hydrogens is 380 g/mol. The zero-order valence-corrected chi connectivity index (χ0v) is 17.3. The summed E-state index contributed by atoms with van der Waals surface area (Å²) in [4.78, 5) is 16.4. The summed E-state index contributed by atoms with van der Waals surface area (Å²) in [5.74, 6) is 1.82. The molecule has 2 aliphatic heterocycles. The number of pyridine rings is 1. The molecule has 2 aliphatic rings. The van der Waals surface area contributed by atoms with Gasteiger partial charge in [0.05, 0.1) is 5.69 Å². The minimum absolute atomic E-state index is 0.807. The molecule has 1 aromatic carbocycles. The fourth-order valence-corrected chi connectivity index (χ4v) is 4.61. The molecule has 4 heterocycles. The van der Waals surface area contributed by atoms with Crippen molar-refractivity contribution in [1.29, 1.82) is 0 Å². The second-order valence-electron chi connectivity index (χ2n) is 7.44. The lowest BCUT2D eigenvalue weighted by molar-refractivity contribution is 0.717. The van der Waals surface area contributed by atoms with Crippen LogP contribution in [0.3, 0.4) is 0 Å². The number of nitrogens with zero attached hydrogens (tertiary/aromatic N) is 4. The van der Waals surface area contributed by atoms with E-state index in [0.29, 0.717) is 0 Å². The maximum absolute atomic E-state index is 4.92. The van der Waals surface area contributed by atoms with Crippen LogP contribution in [0.15, 0.2) is 46.8 Å². The van der Waals surface area contributed by atoms with Gasteiger partial charge < -0.3 is 15.5 Å². The molecule has 3 aromatic rings. The van der Waals surface area contributed by atoms with Gasteiger partial charge in [0.15, 0.2) is 11.1 Å². The van der Waals surface area contributed by atoms with E-state index >= 15 is 0 Å². The Bertz CT molecular complexity index is 1060. The van der Waals surface area contributed by atoms with Crippen LogP contribution in [0, 0.1) is 6.92 Å². The van der Waals surface area contributed by atoms with Crippen molar-refractivity contribution in [3.63, 3.8) is 0 Å². The molecule has 0 atom stereocenters. The van der Waals surface area contributed by atoms with Crippen LogP contribution < -0.4 is 15.5 Å². The summed E-state index contributed by atoms with van der Waals surface area (Å²) in [5.41, 5.74) is 6.09. The number of hydrogen-bond acceptors (Lipinski definition) is 7. The quantitative estimate of drug-likeness (QED) is 0.694. The van der Waals surface area contributed by atoms with Crippen LogP contribution in [0.2, 0.25) is 0 Å². The third-order valence-corrected chi connectivity index (χ3v) is 6.21. The van der Waals surface area contributed by atoms with Crippen molar-refractivity contribution in [2.45, 2.75) is 26.3 Å². The molecule has 2 N–H and O–H groups in total. The Balaban J connectivity index is 1.35. The van der Waals surface area contributed by atoms with Gasteiger partial charge in [0.1, 0.15) is 11.5 Å². The van der Waals surface area contributed by atoms with Gasteiger partial charge in [0, 0.05) is 31.6 Å². The number of fused-ring (bicyclic) bond motifs is 1. The fraction of sp³-hybridized carbons (Fsp3) is 0.318. The number of hydrogen-bond donors (Lipinski definition) is 2. The molecule has 5 rings (SSSR count). The fourth-order valence-electron chi connectivity index (χ4n) is 3.90. The Morgan fingerprint density at radius 1 is 1.10 bits per heavy atom. The summed E-state index contributed by atoms with van der Waals surface area (Å²) < 4.78 is 0. The summed E-state index contributed by atoms with van der Waals surface area (Å²) in [6, 6.07) is 12.8. The highest BCUT2D eigenvalue weighted by molar-refractivity contribution is 7.14. The Morgan fingerprint density at radius 2 is 2.03 bits per heavy atom. The summed E-state index contributed by atoms with van der Waals surface area (Å²) in [7, 11) is 0. The maximum atomic E-state index is 4.92. The van der Waals surface area contributed by atoms with E-state index in [1.807, 2.05) is 11.4 Å². The van der Waals surface area contributed by atoms with Gasteiger partial charge in [0.25, 0.3) is 0 Å². The van der Waals surface area contributed by atoms with E-state index in [9.17, 15) is 0 Å². The molecular formula is C22H24N6S. The molecule has 6 nitrogen and oxygen atoms in total. The normalized spacial score (nSPS) is 16.0. The van der Waals surface area contributed by atoms with Crippen LogP contribution in [0.5, 0.6) is 0 Å². The lowest BCUT2D eigenvalue weighted by Gasteiger charge is -2.30. The first-order chi connectivity index (χ1) is 14.3. The Morgan fingerprint density at radius 3 is 2.93 bits per heavy atom. The van der Waals surface area contributed by atoms with Crippen molar-refractivity contribution in [1.82, 2.24) is 15.3 Å². The molecule has 29 heavy (non-hydrogen) atoms. The third kappa shape index (κ3) is 3.82. The topological polar surface area (TPSA) is 65.4 Å². The smallest absolute Gasteiger partial charge is 0.197 e. The van der Waals surface area contributed by atoms with E-state index < -0.39 is 0 Å². The van der Waals surface area contributed by atoms with Gasteiger partial charge in [-0.15, -0.1) is 11.3 Å². The van der Waals surface area contributed by atoms with E-state index in [1.165, 1.54) is 16.7 Å². The molecule has 148 valence electrons. The highest BCUT2D eigenvalue weighted by atomic mass is 32.1. The number of rotatable bonds is 3. The second-order valence-corrected chi connectivity index (χ2v) is 8.30. The summed E-state index contributed by atoms with van der Waals surface area (Å²) >= 11 is 1.58. The zero-order chi connectivity index (χ0) is 19.6. The average molecular weight is 405 g/mol. The molecule has 2 aromatic heterocycles. The largest absolute Gasteiger partial charge is 0.356 e. The van der Waals surface area contributed by atoms with Crippen LogP contribution in [-0.4, -0.2) is 35.6 Å². The molecule has 0 bridgehead atoms. The van der Waals surface area contributed by atoms with Crippen molar-refractivity contribution < 1.29 is 0 Å². The van der Waals surface area contributed by atoms with Crippen LogP contribution >= 0.6 is 11.3 Å². The highest BCUT2D eigenvalue weighted by Gasteiger charge is 2.19. The maximum Gasteiger partial charge on any atom is 0.197 e. The SMILES string of the molecule is Cc1cccc2c1CCN(c1cccc(-c3csc(NC4=NCCCN4)n3)n1)C2. The van der Waals surface area contributed by atoms with Gasteiger partial charge in [-0.3, -0.25) is 4.99 Å². The first kappa shape index (κ1) is 18.1. The molecule has 0 radical (unpaired) electrons. The van der Waals surface area contributed by atoms with Crippen molar-refractivity contribution in [2.24, 2.45) is 4.99 Å². The van der Waals surface area contributed by atoms with Gasteiger partial charge in [-0.25, -0.2) is 9.97 Å². The number of aryl methyl sites for hydroxylation is 1. The zero-order valence-electron chi connectivity index (χ0n) is 16.5. The Kier molecular flexibility index (Phi) is 4.89. The van der Waals surface area contributed by atoms with E-state index in [2.05, 4.69) is 57.8 Å². The standard InChI is InChI=1S/C22H24N6S/c1-15-5-2-6-16-13-28(12-9-17(15)16)20-8-3-7-18(25-20)19-14-29-22(26-19)27-21-23-10-4-11-24-21/h2-3,5-8,14H,4,9-13H2,1H3,(H2,23,24,26,27). The van der Waals surface area contributed by atoms with Crippen molar-refractivity contribution in [3.05, 3.63) is 58.5 Å². The first-order valence-corrected chi connectivity index (χ1v) is 10.9. The number of aliphatic imine (C=N–C) groups is 1.